The fourth-order valence-electron chi connectivity index (χ4n) is 3.34. The van der Waals surface area contributed by atoms with E-state index < -0.39 is 0 Å². The fraction of sp³-hybridized carbons (Fsp3) is 0.800. The van der Waals surface area contributed by atoms with Crippen molar-refractivity contribution in [1.82, 2.24) is 15.1 Å². The van der Waals surface area contributed by atoms with Crippen LogP contribution >= 0.6 is 11.8 Å². The normalized spacial score (nSPS) is 28.3. The van der Waals surface area contributed by atoms with Crippen molar-refractivity contribution in [3.63, 3.8) is 0 Å². The Morgan fingerprint density at radius 1 is 1.48 bits per heavy atom. The molecule has 1 spiro atoms. The van der Waals surface area contributed by atoms with E-state index in [0.29, 0.717) is 11.3 Å². The van der Waals surface area contributed by atoms with Gasteiger partial charge in [0, 0.05) is 31.2 Å². The highest BCUT2D eigenvalue weighted by Crippen LogP contribution is 2.42. The summed E-state index contributed by atoms with van der Waals surface area (Å²) in [5.41, 5.74) is 1.07. The first-order valence-electron chi connectivity index (χ1n) is 7.80. The third-order valence-corrected chi connectivity index (χ3v) is 5.73. The van der Waals surface area contributed by atoms with Gasteiger partial charge in [0.1, 0.15) is 0 Å². The van der Waals surface area contributed by atoms with E-state index in [1.807, 2.05) is 30.4 Å². The van der Waals surface area contributed by atoms with Gasteiger partial charge in [-0.2, -0.15) is 5.10 Å². The maximum atomic E-state index is 5.93. The van der Waals surface area contributed by atoms with Crippen LogP contribution in [0.15, 0.2) is 11.1 Å². The maximum absolute atomic E-state index is 5.93. The van der Waals surface area contributed by atoms with Gasteiger partial charge in [-0.1, -0.05) is 6.92 Å². The maximum Gasteiger partial charge on any atom is 0.169 e. The Morgan fingerprint density at radius 2 is 2.24 bits per heavy atom. The molecule has 0 radical (unpaired) electrons. The number of aromatic nitrogens is 2. The van der Waals surface area contributed by atoms with Gasteiger partial charge in [-0.3, -0.25) is 4.68 Å². The summed E-state index contributed by atoms with van der Waals surface area (Å²) in [5.74, 6) is -0.336. The molecule has 21 heavy (non-hydrogen) atoms. The first-order chi connectivity index (χ1) is 10.1. The van der Waals surface area contributed by atoms with Crippen LogP contribution in [-0.4, -0.2) is 46.6 Å². The third kappa shape index (κ3) is 3.28. The lowest BCUT2D eigenvalue weighted by Gasteiger charge is -2.41. The first-order valence-corrected chi connectivity index (χ1v) is 8.68. The fourth-order valence-corrected chi connectivity index (χ4v) is 4.82. The predicted molar refractivity (Wildman–Crippen MR) is 83.5 cm³/mol. The van der Waals surface area contributed by atoms with Crippen LogP contribution in [0.3, 0.4) is 0 Å². The summed E-state index contributed by atoms with van der Waals surface area (Å²) in [5, 5.41) is 9.74. The predicted octanol–water partition coefficient (Wildman–Crippen LogP) is 2.09. The minimum absolute atomic E-state index is 0.336. The quantitative estimate of drug-likeness (QED) is 0.923. The molecule has 6 heteroatoms. The molecule has 1 saturated heterocycles. The summed E-state index contributed by atoms with van der Waals surface area (Å²) < 4.78 is 13.8. The van der Waals surface area contributed by atoms with Crippen LogP contribution in [0, 0.1) is 6.92 Å². The minimum atomic E-state index is -0.336. The SMILES string of the molecule is CCNC1CCC2(CC1Sc1cc(C)nn1C)OCCO2. The molecule has 5 nitrogen and oxygen atoms in total. The lowest BCUT2D eigenvalue weighted by molar-refractivity contribution is -0.178. The summed E-state index contributed by atoms with van der Waals surface area (Å²) in [4.78, 5) is 0. The highest BCUT2D eigenvalue weighted by Gasteiger charge is 2.45. The molecule has 1 saturated carbocycles. The summed E-state index contributed by atoms with van der Waals surface area (Å²) in [7, 11) is 2.01. The largest absolute Gasteiger partial charge is 0.347 e. The van der Waals surface area contributed by atoms with Crippen molar-refractivity contribution < 1.29 is 9.47 Å². The topological polar surface area (TPSA) is 48.3 Å². The monoisotopic (exact) mass is 311 g/mol. The lowest BCUT2D eigenvalue weighted by atomic mass is 9.89. The number of ether oxygens (including phenoxy) is 2. The van der Waals surface area contributed by atoms with Crippen LogP contribution in [0.1, 0.15) is 31.9 Å². The zero-order valence-corrected chi connectivity index (χ0v) is 13.9. The summed E-state index contributed by atoms with van der Waals surface area (Å²) in [6.07, 6.45) is 3.04. The number of aryl methyl sites for hydroxylation is 2. The van der Waals surface area contributed by atoms with Crippen LogP contribution in [0.5, 0.6) is 0 Å². The molecule has 1 aromatic heterocycles. The molecule has 1 aromatic rings. The van der Waals surface area contributed by atoms with Crippen molar-refractivity contribution in [3.05, 3.63) is 11.8 Å². The van der Waals surface area contributed by atoms with Crippen molar-refractivity contribution in [2.45, 2.75) is 55.2 Å². The van der Waals surface area contributed by atoms with Gasteiger partial charge in [0.25, 0.3) is 0 Å². The van der Waals surface area contributed by atoms with Crippen molar-refractivity contribution in [2.24, 2.45) is 7.05 Å². The van der Waals surface area contributed by atoms with Gasteiger partial charge in [-0.05, 0) is 26.0 Å². The Bertz CT molecular complexity index is 485. The highest BCUT2D eigenvalue weighted by molar-refractivity contribution is 7.99. The summed E-state index contributed by atoms with van der Waals surface area (Å²) in [6.45, 7) is 6.67. The van der Waals surface area contributed by atoms with Crippen molar-refractivity contribution in [1.29, 1.82) is 0 Å². The van der Waals surface area contributed by atoms with Gasteiger partial charge in [0.15, 0.2) is 5.79 Å². The molecule has 2 atom stereocenters. The Hall–Kier alpha value is -0.560. The molecule has 1 aliphatic carbocycles. The van der Waals surface area contributed by atoms with Crippen LogP contribution in [0.25, 0.3) is 0 Å². The Balaban J connectivity index is 1.75. The van der Waals surface area contributed by atoms with E-state index in [9.17, 15) is 0 Å². The molecule has 2 fully saturated rings. The van der Waals surface area contributed by atoms with Crippen molar-refractivity contribution in [3.8, 4) is 0 Å². The smallest absolute Gasteiger partial charge is 0.169 e. The second-order valence-electron chi connectivity index (χ2n) is 5.92. The zero-order chi connectivity index (χ0) is 14.9. The molecule has 1 aliphatic heterocycles. The number of nitrogens with zero attached hydrogens (tertiary/aromatic N) is 2. The minimum Gasteiger partial charge on any atom is -0.347 e. The number of rotatable bonds is 4. The molecule has 1 N–H and O–H groups in total. The number of hydrogen-bond acceptors (Lipinski definition) is 5. The zero-order valence-electron chi connectivity index (χ0n) is 13.1. The van der Waals surface area contributed by atoms with E-state index in [1.54, 1.807) is 0 Å². The second-order valence-corrected chi connectivity index (χ2v) is 7.18. The standard InChI is InChI=1S/C15H25N3O2S/c1-4-16-12-5-6-15(19-7-8-20-15)10-13(12)21-14-9-11(2)17-18(14)3/h9,12-13,16H,4-8,10H2,1-3H3. The molecular weight excluding hydrogens is 286 g/mol. The van der Waals surface area contributed by atoms with E-state index in [2.05, 4.69) is 23.4 Å². The number of hydrogen-bond donors (Lipinski definition) is 1. The molecule has 3 rings (SSSR count). The highest BCUT2D eigenvalue weighted by atomic mass is 32.2. The lowest BCUT2D eigenvalue weighted by Crippen LogP contribution is -2.49. The van der Waals surface area contributed by atoms with Gasteiger partial charge >= 0.3 is 0 Å². The molecule has 0 amide bonds. The van der Waals surface area contributed by atoms with Gasteiger partial charge in [-0.15, -0.1) is 11.8 Å². The van der Waals surface area contributed by atoms with Crippen LogP contribution in [0.4, 0.5) is 0 Å². The van der Waals surface area contributed by atoms with E-state index in [0.717, 1.165) is 44.7 Å². The van der Waals surface area contributed by atoms with Crippen LogP contribution in [0.2, 0.25) is 0 Å². The second kappa shape index (κ2) is 6.28. The molecule has 0 bridgehead atoms. The third-order valence-electron chi connectivity index (χ3n) is 4.31. The Morgan fingerprint density at radius 3 is 2.86 bits per heavy atom. The number of thioether (sulfide) groups is 1. The summed E-state index contributed by atoms with van der Waals surface area (Å²) in [6, 6.07) is 2.67. The average molecular weight is 311 g/mol. The number of nitrogens with one attached hydrogen (secondary N) is 1. The first kappa shape index (κ1) is 15.3. The van der Waals surface area contributed by atoms with E-state index >= 15 is 0 Å². The van der Waals surface area contributed by atoms with Crippen molar-refractivity contribution in [2.75, 3.05) is 19.8 Å². The molecule has 2 unspecified atom stereocenters. The van der Waals surface area contributed by atoms with E-state index in [1.165, 1.54) is 5.03 Å². The molecule has 2 aliphatic rings. The van der Waals surface area contributed by atoms with Gasteiger partial charge in [0.2, 0.25) is 0 Å². The Kier molecular flexibility index (Phi) is 4.59. The van der Waals surface area contributed by atoms with E-state index in [4.69, 9.17) is 9.47 Å². The van der Waals surface area contributed by atoms with Crippen LogP contribution < -0.4 is 5.32 Å². The summed E-state index contributed by atoms with van der Waals surface area (Å²) >= 11 is 1.90. The van der Waals surface area contributed by atoms with Gasteiger partial charge < -0.3 is 14.8 Å². The van der Waals surface area contributed by atoms with Gasteiger partial charge in [-0.25, -0.2) is 0 Å². The van der Waals surface area contributed by atoms with Crippen LogP contribution in [-0.2, 0) is 16.5 Å². The average Bonchev–Trinajstić information content (AvgIpc) is 3.01. The molecule has 118 valence electrons. The molecule has 2 heterocycles. The van der Waals surface area contributed by atoms with Gasteiger partial charge in [0.05, 0.1) is 23.9 Å². The van der Waals surface area contributed by atoms with Crippen molar-refractivity contribution >= 4 is 11.8 Å². The molecular formula is C15H25N3O2S. The molecule has 0 aromatic carbocycles. The Labute approximate surface area is 130 Å². The van der Waals surface area contributed by atoms with E-state index in [-0.39, 0.29) is 5.79 Å².